The van der Waals surface area contributed by atoms with Gasteiger partial charge in [-0.1, -0.05) is 6.08 Å². The topological polar surface area (TPSA) is 55.8 Å². The van der Waals surface area contributed by atoms with Crippen LogP contribution in [0.2, 0.25) is 0 Å². The highest BCUT2D eigenvalue weighted by atomic mass is 16.6. The van der Waals surface area contributed by atoms with Crippen molar-refractivity contribution < 1.29 is 19.1 Å². The second-order valence-electron chi connectivity index (χ2n) is 5.29. The van der Waals surface area contributed by atoms with Crippen LogP contribution >= 0.6 is 0 Å². The molecular formula is C13H21NO4. The Hall–Kier alpha value is -1.36. The summed E-state index contributed by atoms with van der Waals surface area (Å²) in [6.07, 6.45) is 2.77. The number of carbonyl (C=O) groups excluding carboxylic acids is 2. The van der Waals surface area contributed by atoms with E-state index in [1.807, 2.05) is 20.8 Å². The van der Waals surface area contributed by atoms with E-state index in [2.05, 4.69) is 0 Å². The molecule has 102 valence electrons. The van der Waals surface area contributed by atoms with Crippen LogP contribution in [0.4, 0.5) is 4.79 Å². The Bertz CT molecular complexity index is 343. The molecule has 0 bridgehead atoms. The summed E-state index contributed by atoms with van der Waals surface area (Å²) in [5, 5.41) is 0. The van der Waals surface area contributed by atoms with Crippen molar-refractivity contribution in [2.24, 2.45) is 0 Å². The van der Waals surface area contributed by atoms with Crippen molar-refractivity contribution >= 4 is 11.9 Å². The predicted molar refractivity (Wildman–Crippen MR) is 67.4 cm³/mol. The van der Waals surface area contributed by atoms with Crippen LogP contribution in [0.25, 0.3) is 0 Å². The number of hydrogen-bond donors (Lipinski definition) is 0. The second kappa shape index (κ2) is 6.00. The van der Waals surface area contributed by atoms with Gasteiger partial charge in [-0.3, -0.25) is 9.69 Å². The van der Waals surface area contributed by atoms with E-state index in [0.29, 0.717) is 19.8 Å². The van der Waals surface area contributed by atoms with Gasteiger partial charge < -0.3 is 9.47 Å². The maximum absolute atomic E-state index is 12.0. The van der Waals surface area contributed by atoms with Gasteiger partial charge in [-0.25, -0.2) is 4.79 Å². The molecule has 1 saturated heterocycles. The molecule has 0 saturated carbocycles. The SMILES string of the molecule is CC(=O)/C=C/C1COCCN1C(=O)OC(C)(C)C. The average Bonchev–Trinajstić information content (AvgIpc) is 2.24. The largest absolute Gasteiger partial charge is 0.444 e. The lowest BCUT2D eigenvalue weighted by atomic mass is 10.2. The molecule has 18 heavy (non-hydrogen) atoms. The predicted octanol–water partition coefficient (Wildman–Crippen LogP) is 1.77. The fraction of sp³-hybridized carbons (Fsp3) is 0.692. The Labute approximate surface area is 108 Å². The fourth-order valence-electron chi connectivity index (χ4n) is 1.58. The molecule has 0 aliphatic carbocycles. The van der Waals surface area contributed by atoms with Crippen LogP contribution in [0.5, 0.6) is 0 Å². The van der Waals surface area contributed by atoms with E-state index in [1.165, 1.54) is 13.0 Å². The first-order valence-electron chi connectivity index (χ1n) is 6.06. The molecule has 0 aromatic heterocycles. The number of morpholine rings is 1. The lowest BCUT2D eigenvalue weighted by Gasteiger charge is -2.35. The number of amides is 1. The molecule has 1 heterocycles. The summed E-state index contributed by atoms with van der Waals surface area (Å²) in [5.41, 5.74) is -0.524. The van der Waals surface area contributed by atoms with Gasteiger partial charge in [0.05, 0.1) is 19.3 Å². The van der Waals surface area contributed by atoms with Crippen LogP contribution < -0.4 is 0 Å². The maximum Gasteiger partial charge on any atom is 0.410 e. The zero-order valence-corrected chi connectivity index (χ0v) is 11.4. The van der Waals surface area contributed by atoms with Crippen LogP contribution in [0, 0.1) is 0 Å². The third-order valence-corrected chi connectivity index (χ3v) is 2.35. The summed E-state index contributed by atoms with van der Waals surface area (Å²) in [6.45, 7) is 8.30. The number of carbonyl (C=O) groups is 2. The molecule has 1 unspecified atom stereocenters. The lowest BCUT2D eigenvalue weighted by Crippen LogP contribution is -2.49. The number of hydrogen-bond acceptors (Lipinski definition) is 4. The molecule has 0 aromatic carbocycles. The number of allylic oxidation sites excluding steroid dienone is 1. The zero-order valence-electron chi connectivity index (χ0n) is 11.4. The van der Waals surface area contributed by atoms with Crippen molar-refractivity contribution in [3.8, 4) is 0 Å². The van der Waals surface area contributed by atoms with E-state index in [9.17, 15) is 9.59 Å². The fourth-order valence-corrected chi connectivity index (χ4v) is 1.58. The molecule has 5 heteroatoms. The van der Waals surface area contributed by atoms with Crippen molar-refractivity contribution in [3.05, 3.63) is 12.2 Å². The number of nitrogens with zero attached hydrogens (tertiary/aromatic N) is 1. The van der Waals surface area contributed by atoms with E-state index in [4.69, 9.17) is 9.47 Å². The van der Waals surface area contributed by atoms with Gasteiger partial charge >= 0.3 is 6.09 Å². The number of ether oxygens (including phenoxy) is 2. The Morgan fingerprint density at radius 1 is 1.39 bits per heavy atom. The van der Waals surface area contributed by atoms with Crippen LogP contribution in [0.15, 0.2) is 12.2 Å². The summed E-state index contributed by atoms with van der Waals surface area (Å²) in [5.74, 6) is -0.0512. The summed E-state index contributed by atoms with van der Waals surface area (Å²) < 4.78 is 10.6. The molecule has 5 nitrogen and oxygen atoms in total. The highest BCUT2D eigenvalue weighted by molar-refractivity contribution is 5.87. The quantitative estimate of drug-likeness (QED) is 0.706. The maximum atomic E-state index is 12.0. The highest BCUT2D eigenvalue weighted by Gasteiger charge is 2.29. The summed E-state index contributed by atoms with van der Waals surface area (Å²) in [6, 6.07) is -0.238. The Balaban J connectivity index is 2.70. The van der Waals surface area contributed by atoms with E-state index >= 15 is 0 Å². The minimum Gasteiger partial charge on any atom is -0.444 e. The minimum atomic E-state index is -0.524. The first kappa shape index (κ1) is 14.7. The number of rotatable bonds is 2. The van der Waals surface area contributed by atoms with Crippen molar-refractivity contribution in [1.82, 2.24) is 4.90 Å². The molecule has 1 aliphatic rings. The highest BCUT2D eigenvalue weighted by Crippen LogP contribution is 2.15. The summed E-state index contributed by atoms with van der Waals surface area (Å²) in [7, 11) is 0. The molecule has 0 spiro atoms. The van der Waals surface area contributed by atoms with Gasteiger partial charge in [0.15, 0.2) is 5.78 Å². The van der Waals surface area contributed by atoms with Crippen molar-refractivity contribution in [3.63, 3.8) is 0 Å². The summed E-state index contributed by atoms with van der Waals surface area (Å²) in [4.78, 5) is 24.5. The Morgan fingerprint density at radius 3 is 2.61 bits per heavy atom. The molecule has 1 amide bonds. The average molecular weight is 255 g/mol. The Morgan fingerprint density at radius 2 is 2.06 bits per heavy atom. The van der Waals surface area contributed by atoms with E-state index < -0.39 is 5.60 Å². The van der Waals surface area contributed by atoms with Crippen molar-refractivity contribution in [1.29, 1.82) is 0 Å². The van der Waals surface area contributed by atoms with Gasteiger partial charge in [0.1, 0.15) is 5.60 Å². The van der Waals surface area contributed by atoms with Crippen molar-refractivity contribution in [2.75, 3.05) is 19.8 Å². The van der Waals surface area contributed by atoms with Crippen LogP contribution in [-0.2, 0) is 14.3 Å². The van der Waals surface area contributed by atoms with Gasteiger partial charge in [0.25, 0.3) is 0 Å². The minimum absolute atomic E-state index is 0.0512. The lowest BCUT2D eigenvalue weighted by molar-refractivity contribution is -0.112. The molecule has 1 fully saturated rings. The molecular weight excluding hydrogens is 234 g/mol. The van der Waals surface area contributed by atoms with Gasteiger partial charge in [0.2, 0.25) is 0 Å². The molecule has 0 aromatic rings. The van der Waals surface area contributed by atoms with Crippen LogP contribution in [0.3, 0.4) is 0 Å². The van der Waals surface area contributed by atoms with Gasteiger partial charge in [-0.15, -0.1) is 0 Å². The molecule has 1 aliphatic heterocycles. The third kappa shape index (κ3) is 4.87. The standard InChI is InChI=1S/C13H21NO4/c1-10(15)5-6-11-9-17-8-7-14(11)12(16)18-13(2,3)4/h5-6,11H,7-9H2,1-4H3/b6-5+. The molecule has 1 atom stereocenters. The van der Waals surface area contributed by atoms with Crippen LogP contribution in [0.1, 0.15) is 27.7 Å². The molecule has 1 rings (SSSR count). The normalized spacial score (nSPS) is 21.1. The van der Waals surface area contributed by atoms with Crippen LogP contribution in [-0.4, -0.2) is 48.2 Å². The first-order chi connectivity index (χ1) is 8.29. The van der Waals surface area contributed by atoms with E-state index in [1.54, 1.807) is 11.0 Å². The summed E-state index contributed by atoms with van der Waals surface area (Å²) >= 11 is 0. The zero-order chi connectivity index (χ0) is 13.8. The molecule has 0 N–H and O–H groups in total. The smallest absolute Gasteiger partial charge is 0.410 e. The van der Waals surface area contributed by atoms with E-state index in [-0.39, 0.29) is 17.9 Å². The number of ketones is 1. The first-order valence-corrected chi connectivity index (χ1v) is 6.06. The monoisotopic (exact) mass is 255 g/mol. The van der Waals surface area contributed by atoms with Gasteiger partial charge in [-0.05, 0) is 33.8 Å². The third-order valence-electron chi connectivity index (χ3n) is 2.35. The van der Waals surface area contributed by atoms with E-state index in [0.717, 1.165) is 0 Å². The van der Waals surface area contributed by atoms with Gasteiger partial charge in [-0.2, -0.15) is 0 Å². The van der Waals surface area contributed by atoms with Gasteiger partial charge in [0, 0.05) is 6.54 Å². The second-order valence-corrected chi connectivity index (χ2v) is 5.29. The Kier molecular flexibility index (Phi) is 4.90. The van der Waals surface area contributed by atoms with Crippen molar-refractivity contribution in [2.45, 2.75) is 39.3 Å². The molecule has 0 radical (unpaired) electrons.